The fourth-order valence-electron chi connectivity index (χ4n) is 3.56. The van der Waals surface area contributed by atoms with Gasteiger partial charge in [-0.25, -0.2) is 35.6 Å². The van der Waals surface area contributed by atoms with Crippen molar-refractivity contribution in [3.63, 3.8) is 0 Å². The second-order valence-electron chi connectivity index (χ2n) is 7.75. The number of nitrogen functional groups attached to an aromatic ring is 1. The molecule has 0 radical (unpaired) electrons. The first-order valence-electron chi connectivity index (χ1n) is 11.4. The molecule has 0 saturated heterocycles. The molecule has 3 amide bonds. The number of anilines is 1. The van der Waals surface area contributed by atoms with Crippen molar-refractivity contribution in [3.8, 4) is 43.9 Å². The van der Waals surface area contributed by atoms with Crippen LogP contribution in [0.2, 0.25) is 0 Å². The molecule has 5 rings (SSSR count). The predicted molar refractivity (Wildman–Crippen MR) is 147 cm³/mol. The number of hydrogen-bond donors (Lipinski definition) is 4. The minimum absolute atomic E-state index is 0.258. The van der Waals surface area contributed by atoms with Crippen LogP contribution in [0.3, 0.4) is 0 Å². The van der Waals surface area contributed by atoms with Gasteiger partial charge in [0.15, 0.2) is 5.82 Å². The average Bonchev–Trinajstić information content (AvgIpc) is 3.62. The van der Waals surface area contributed by atoms with E-state index in [1.807, 2.05) is 42.6 Å². The molecule has 1 aromatic carbocycles. The molecule has 0 atom stereocenters. The second kappa shape index (κ2) is 11.2. The molecule has 0 aliphatic carbocycles. The minimum atomic E-state index is -0.513. The summed E-state index contributed by atoms with van der Waals surface area (Å²) in [6.45, 7) is 2.30. The number of pyridine rings is 1. The highest BCUT2D eigenvalue weighted by atomic mass is 32.1. The number of carbonyl (C=O) groups is 2. The van der Waals surface area contributed by atoms with Crippen LogP contribution in [0.1, 0.15) is 16.6 Å². The zero-order valence-electron chi connectivity index (χ0n) is 20.0. The topological polar surface area (TPSA) is 161 Å². The number of hydrogen-bond acceptors (Lipinski definition) is 10. The van der Waals surface area contributed by atoms with Crippen molar-refractivity contribution in [3.05, 3.63) is 71.3 Å². The summed E-state index contributed by atoms with van der Waals surface area (Å²) in [7, 11) is 0. The van der Waals surface area contributed by atoms with Crippen LogP contribution < -0.4 is 21.9 Å². The molecular formula is C25H21N9O2S2. The lowest BCUT2D eigenvalue weighted by Crippen LogP contribution is -2.29. The Labute approximate surface area is 225 Å². The number of hydrazine groups is 1. The second-order valence-corrected chi connectivity index (χ2v) is 9.60. The van der Waals surface area contributed by atoms with Gasteiger partial charge in [0.2, 0.25) is 0 Å². The lowest BCUT2D eigenvalue weighted by Gasteiger charge is -2.09. The first-order valence-corrected chi connectivity index (χ1v) is 13.1. The van der Waals surface area contributed by atoms with Crippen molar-refractivity contribution < 1.29 is 9.59 Å². The van der Waals surface area contributed by atoms with E-state index in [-0.39, 0.29) is 10.9 Å². The van der Waals surface area contributed by atoms with E-state index in [2.05, 4.69) is 31.0 Å². The molecule has 0 fully saturated rings. The van der Waals surface area contributed by atoms with E-state index in [0.717, 1.165) is 22.6 Å². The van der Waals surface area contributed by atoms with Gasteiger partial charge in [0.05, 0.1) is 5.69 Å². The third-order valence-corrected chi connectivity index (χ3v) is 7.22. The van der Waals surface area contributed by atoms with Gasteiger partial charge in [-0.2, -0.15) is 0 Å². The Bertz CT molecular complexity index is 1590. The molecule has 13 heteroatoms. The van der Waals surface area contributed by atoms with Crippen LogP contribution in [-0.2, 0) is 0 Å². The maximum absolute atomic E-state index is 12.6. The standard InChI is InChI=1S/C25H21N9O2S2/c1-2-27-25(36)32-18-11-15(23-31-17(13-37-23)14-7-4-3-5-8-14)16(12-30-18)24-33-19(20(38-24)22(35)34-26)21-28-9-6-10-29-21/h3-13H,2,26H2,1H3,(H,34,35)(H2,27,30,32,36). The molecule has 4 aromatic heterocycles. The maximum atomic E-state index is 12.6. The van der Waals surface area contributed by atoms with Gasteiger partial charge in [-0.15, -0.1) is 22.7 Å². The number of urea groups is 1. The lowest BCUT2D eigenvalue weighted by atomic mass is 10.1. The zero-order chi connectivity index (χ0) is 26.5. The molecule has 0 saturated carbocycles. The fraction of sp³-hybridized carbons (Fsp3) is 0.0800. The number of nitrogens with zero attached hydrogens (tertiary/aromatic N) is 5. The Kier molecular flexibility index (Phi) is 7.40. The molecule has 0 spiro atoms. The van der Waals surface area contributed by atoms with Gasteiger partial charge in [0.25, 0.3) is 5.91 Å². The minimum Gasteiger partial charge on any atom is -0.338 e. The summed E-state index contributed by atoms with van der Waals surface area (Å²) in [6.07, 6.45) is 4.74. The summed E-state index contributed by atoms with van der Waals surface area (Å²) < 4.78 is 0. The normalized spacial score (nSPS) is 10.7. The van der Waals surface area contributed by atoms with E-state index in [1.54, 1.807) is 30.7 Å². The quantitative estimate of drug-likeness (QED) is 0.135. The Morgan fingerprint density at radius 3 is 2.50 bits per heavy atom. The fourth-order valence-corrected chi connectivity index (χ4v) is 5.41. The van der Waals surface area contributed by atoms with E-state index in [4.69, 9.17) is 15.8 Å². The van der Waals surface area contributed by atoms with Gasteiger partial charge in [-0.3, -0.25) is 15.5 Å². The Morgan fingerprint density at radius 1 is 0.974 bits per heavy atom. The monoisotopic (exact) mass is 543 g/mol. The molecule has 0 aliphatic rings. The number of nitrogens with one attached hydrogen (secondary N) is 3. The molecule has 0 bridgehead atoms. The first kappa shape index (κ1) is 25.1. The van der Waals surface area contributed by atoms with E-state index in [1.165, 1.54) is 11.3 Å². The van der Waals surface area contributed by atoms with Crippen LogP contribution in [-0.4, -0.2) is 43.4 Å². The number of amides is 3. The van der Waals surface area contributed by atoms with Crippen LogP contribution in [0.15, 0.2) is 66.4 Å². The number of nitrogens with two attached hydrogens (primary N) is 1. The van der Waals surface area contributed by atoms with Crippen molar-refractivity contribution in [2.45, 2.75) is 6.92 Å². The average molecular weight is 544 g/mol. The van der Waals surface area contributed by atoms with Gasteiger partial charge in [-0.05, 0) is 19.1 Å². The van der Waals surface area contributed by atoms with Crippen molar-refractivity contribution in [1.29, 1.82) is 0 Å². The Hall–Kier alpha value is -4.59. The number of thiazole rings is 2. The summed E-state index contributed by atoms with van der Waals surface area (Å²) in [5, 5.41) is 8.58. The molecule has 0 unspecified atom stereocenters. The Morgan fingerprint density at radius 2 is 1.76 bits per heavy atom. The summed E-state index contributed by atoms with van der Waals surface area (Å²) in [6, 6.07) is 12.9. The Balaban J connectivity index is 1.64. The maximum Gasteiger partial charge on any atom is 0.320 e. The molecular weight excluding hydrogens is 522 g/mol. The number of rotatable bonds is 7. The molecule has 11 nitrogen and oxygen atoms in total. The van der Waals surface area contributed by atoms with Crippen LogP contribution in [0.5, 0.6) is 0 Å². The molecule has 4 heterocycles. The highest BCUT2D eigenvalue weighted by Gasteiger charge is 2.24. The van der Waals surface area contributed by atoms with Crippen molar-refractivity contribution in [2.24, 2.45) is 5.84 Å². The third kappa shape index (κ3) is 5.25. The van der Waals surface area contributed by atoms with Gasteiger partial charge in [0, 0.05) is 47.2 Å². The van der Waals surface area contributed by atoms with Gasteiger partial charge in [-0.1, -0.05) is 30.3 Å². The van der Waals surface area contributed by atoms with Crippen LogP contribution in [0.25, 0.3) is 43.9 Å². The molecule has 38 heavy (non-hydrogen) atoms. The summed E-state index contributed by atoms with van der Waals surface area (Å²) >= 11 is 2.58. The number of carbonyl (C=O) groups excluding carboxylic acids is 2. The molecule has 190 valence electrons. The molecule has 5 aromatic rings. The zero-order valence-corrected chi connectivity index (χ0v) is 21.6. The first-order chi connectivity index (χ1) is 18.6. The van der Waals surface area contributed by atoms with Gasteiger partial charge >= 0.3 is 6.03 Å². The SMILES string of the molecule is CCNC(=O)Nc1cc(-c2nc(-c3ccccc3)cs2)c(-c2nc(-c3ncccn3)c(C(=O)NN)s2)cn1. The highest BCUT2D eigenvalue weighted by Crippen LogP contribution is 2.40. The molecule has 5 N–H and O–H groups in total. The van der Waals surface area contributed by atoms with Gasteiger partial charge in [0.1, 0.15) is 26.4 Å². The highest BCUT2D eigenvalue weighted by molar-refractivity contribution is 7.17. The van der Waals surface area contributed by atoms with E-state index >= 15 is 0 Å². The van der Waals surface area contributed by atoms with Crippen molar-refractivity contribution in [2.75, 3.05) is 11.9 Å². The van der Waals surface area contributed by atoms with E-state index in [9.17, 15) is 9.59 Å². The van der Waals surface area contributed by atoms with Crippen molar-refractivity contribution in [1.82, 2.24) is 35.7 Å². The smallest absolute Gasteiger partial charge is 0.320 e. The summed E-state index contributed by atoms with van der Waals surface area (Å²) in [5.41, 5.74) is 5.56. The number of benzene rings is 1. The van der Waals surface area contributed by atoms with E-state index in [0.29, 0.717) is 45.0 Å². The van der Waals surface area contributed by atoms with E-state index < -0.39 is 5.91 Å². The largest absolute Gasteiger partial charge is 0.338 e. The van der Waals surface area contributed by atoms with Crippen LogP contribution in [0, 0.1) is 0 Å². The lowest BCUT2D eigenvalue weighted by molar-refractivity contribution is 0.0958. The summed E-state index contributed by atoms with van der Waals surface area (Å²) in [5.74, 6) is 5.56. The third-order valence-electron chi connectivity index (χ3n) is 5.26. The van der Waals surface area contributed by atoms with Crippen LogP contribution >= 0.6 is 22.7 Å². The van der Waals surface area contributed by atoms with Crippen molar-refractivity contribution >= 4 is 40.4 Å². The summed E-state index contributed by atoms with van der Waals surface area (Å²) in [4.78, 5) is 47.5. The van der Waals surface area contributed by atoms with Gasteiger partial charge < -0.3 is 5.32 Å². The predicted octanol–water partition coefficient (Wildman–Crippen LogP) is 4.20. The van der Waals surface area contributed by atoms with Crippen LogP contribution in [0.4, 0.5) is 10.6 Å². The molecule has 0 aliphatic heterocycles. The number of aromatic nitrogens is 5.